The summed E-state index contributed by atoms with van der Waals surface area (Å²) < 4.78 is 18.3. The molecule has 8 heteroatoms. The predicted octanol–water partition coefficient (Wildman–Crippen LogP) is 3.56. The highest BCUT2D eigenvalue weighted by atomic mass is 19.1. The number of anilines is 1. The first kappa shape index (κ1) is 21.9. The summed E-state index contributed by atoms with van der Waals surface area (Å²) in [5.74, 6) is 2.19. The minimum atomic E-state index is -0.455. The molecule has 0 bridgehead atoms. The predicted molar refractivity (Wildman–Crippen MR) is 118 cm³/mol. The number of hydrogen-bond donors (Lipinski definition) is 0. The van der Waals surface area contributed by atoms with E-state index in [-0.39, 0.29) is 11.4 Å². The molecule has 0 unspecified atom stereocenters. The SMILES string of the molecule is CC(C)(C)c1nc(C2CCC2)cc(N2CCN(CCCOc3ncc(F)cn3)CC2)n1. The van der Waals surface area contributed by atoms with Gasteiger partial charge in [-0.15, -0.1) is 0 Å². The molecule has 0 aromatic carbocycles. The van der Waals surface area contributed by atoms with Gasteiger partial charge in [0.05, 0.1) is 19.0 Å². The zero-order valence-corrected chi connectivity index (χ0v) is 18.8. The summed E-state index contributed by atoms with van der Waals surface area (Å²) >= 11 is 0. The van der Waals surface area contributed by atoms with Crippen LogP contribution in [0.1, 0.15) is 63.9 Å². The smallest absolute Gasteiger partial charge is 0.316 e. The second kappa shape index (κ2) is 9.42. The maximum atomic E-state index is 12.8. The Morgan fingerprint density at radius 3 is 2.39 bits per heavy atom. The molecule has 4 rings (SSSR count). The van der Waals surface area contributed by atoms with Gasteiger partial charge in [0, 0.05) is 55.8 Å². The molecule has 0 spiro atoms. The molecule has 2 fully saturated rings. The van der Waals surface area contributed by atoms with Crippen LogP contribution in [0.5, 0.6) is 6.01 Å². The van der Waals surface area contributed by atoms with E-state index in [1.165, 1.54) is 25.0 Å². The minimum Gasteiger partial charge on any atom is -0.463 e. The van der Waals surface area contributed by atoms with Gasteiger partial charge in [0.15, 0.2) is 5.82 Å². The molecule has 1 aliphatic heterocycles. The number of halogens is 1. The third-order valence-corrected chi connectivity index (χ3v) is 6.07. The number of nitrogens with zero attached hydrogens (tertiary/aromatic N) is 6. The number of aromatic nitrogens is 4. The van der Waals surface area contributed by atoms with Gasteiger partial charge < -0.3 is 9.64 Å². The Morgan fingerprint density at radius 2 is 1.77 bits per heavy atom. The number of ether oxygens (including phenoxy) is 1. The molecule has 31 heavy (non-hydrogen) atoms. The van der Waals surface area contributed by atoms with Crippen molar-refractivity contribution in [2.75, 3.05) is 44.2 Å². The fourth-order valence-corrected chi connectivity index (χ4v) is 3.89. The van der Waals surface area contributed by atoms with Crippen LogP contribution < -0.4 is 9.64 Å². The maximum absolute atomic E-state index is 12.8. The van der Waals surface area contributed by atoms with Gasteiger partial charge in [-0.3, -0.25) is 4.90 Å². The van der Waals surface area contributed by atoms with E-state index >= 15 is 0 Å². The van der Waals surface area contributed by atoms with Crippen molar-refractivity contribution < 1.29 is 9.13 Å². The molecule has 2 aromatic rings. The second-order valence-corrected chi connectivity index (χ2v) is 9.57. The summed E-state index contributed by atoms with van der Waals surface area (Å²) in [7, 11) is 0. The molecule has 0 atom stereocenters. The van der Waals surface area contributed by atoms with E-state index in [4.69, 9.17) is 14.7 Å². The zero-order chi connectivity index (χ0) is 21.8. The van der Waals surface area contributed by atoms with E-state index in [9.17, 15) is 4.39 Å². The lowest BCUT2D eigenvalue weighted by Gasteiger charge is -2.36. The molecule has 2 aliphatic rings. The van der Waals surface area contributed by atoms with Crippen molar-refractivity contribution in [1.29, 1.82) is 0 Å². The standard InChI is InChI=1S/C23H33FN6O/c1-23(2,3)21-27-19(17-6-4-7-17)14-20(28-21)30-11-9-29(10-12-30)8-5-13-31-22-25-15-18(24)16-26-22/h14-17H,4-13H2,1-3H3. The Morgan fingerprint density at radius 1 is 1.06 bits per heavy atom. The zero-order valence-electron chi connectivity index (χ0n) is 18.8. The van der Waals surface area contributed by atoms with Crippen LogP contribution in [0.2, 0.25) is 0 Å². The Labute approximate surface area is 184 Å². The van der Waals surface area contributed by atoms with Crippen LogP contribution in [0.15, 0.2) is 18.5 Å². The molecule has 1 saturated carbocycles. The van der Waals surface area contributed by atoms with Crippen molar-refractivity contribution in [2.45, 2.75) is 57.8 Å². The molecule has 0 radical (unpaired) electrons. The van der Waals surface area contributed by atoms with E-state index in [0.29, 0.717) is 12.5 Å². The van der Waals surface area contributed by atoms with Crippen LogP contribution in [0.3, 0.4) is 0 Å². The Balaban J connectivity index is 1.28. The summed E-state index contributed by atoms with van der Waals surface area (Å²) in [5.41, 5.74) is 1.17. The van der Waals surface area contributed by atoms with Crippen LogP contribution >= 0.6 is 0 Å². The van der Waals surface area contributed by atoms with Crippen molar-refractivity contribution in [3.05, 3.63) is 35.8 Å². The normalized spacial score (nSPS) is 18.1. The summed E-state index contributed by atoms with van der Waals surface area (Å²) in [6, 6.07) is 2.46. The van der Waals surface area contributed by atoms with Crippen LogP contribution in [-0.4, -0.2) is 64.2 Å². The Kier molecular flexibility index (Phi) is 6.65. The molecule has 3 heterocycles. The van der Waals surface area contributed by atoms with Crippen molar-refractivity contribution in [1.82, 2.24) is 24.8 Å². The molecule has 0 N–H and O–H groups in total. The Bertz CT molecular complexity index is 857. The molecule has 1 saturated heterocycles. The van der Waals surface area contributed by atoms with E-state index < -0.39 is 5.82 Å². The van der Waals surface area contributed by atoms with Gasteiger partial charge in [0.25, 0.3) is 0 Å². The van der Waals surface area contributed by atoms with Crippen molar-refractivity contribution >= 4 is 5.82 Å². The third kappa shape index (κ3) is 5.67. The monoisotopic (exact) mass is 428 g/mol. The number of piperazine rings is 1. The summed E-state index contributed by atoms with van der Waals surface area (Å²) in [6.07, 6.45) is 6.93. The lowest BCUT2D eigenvalue weighted by atomic mass is 9.82. The first-order valence-electron chi connectivity index (χ1n) is 11.4. The second-order valence-electron chi connectivity index (χ2n) is 9.57. The van der Waals surface area contributed by atoms with Gasteiger partial charge in [-0.2, -0.15) is 0 Å². The van der Waals surface area contributed by atoms with Crippen LogP contribution in [0, 0.1) is 5.82 Å². The first-order valence-corrected chi connectivity index (χ1v) is 11.4. The third-order valence-electron chi connectivity index (χ3n) is 6.07. The van der Waals surface area contributed by atoms with Gasteiger partial charge in [0.2, 0.25) is 0 Å². The van der Waals surface area contributed by atoms with Crippen LogP contribution in [-0.2, 0) is 5.41 Å². The van der Waals surface area contributed by atoms with Crippen LogP contribution in [0.4, 0.5) is 10.2 Å². The van der Waals surface area contributed by atoms with E-state index in [0.717, 1.165) is 63.2 Å². The highest BCUT2D eigenvalue weighted by Crippen LogP contribution is 2.37. The topological polar surface area (TPSA) is 67.3 Å². The van der Waals surface area contributed by atoms with Gasteiger partial charge in [-0.1, -0.05) is 27.2 Å². The van der Waals surface area contributed by atoms with Crippen molar-refractivity contribution in [2.24, 2.45) is 0 Å². The highest BCUT2D eigenvalue weighted by molar-refractivity contribution is 5.42. The fourth-order valence-electron chi connectivity index (χ4n) is 3.89. The van der Waals surface area contributed by atoms with Gasteiger partial charge >= 0.3 is 6.01 Å². The summed E-state index contributed by atoms with van der Waals surface area (Å²) in [4.78, 5) is 22.4. The molecule has 1 aliphatic carbocycles. The average molecular weight is 429 g/mol. The minimum absolute atomic E-state index is 0.0510. The van der Waals surface area contributed by atoms with Gasteiger partial charge in [-0.25, -0.2) is 24.3 Å². The average Bonchev–Trinajstić information content (AvgIpc) is 2.71. The largest absolute Gasteiger partial charge is 0.463 e. The number of rotatable bonds is 7. The summed E-state index contributed by atoms with van der Waals surface area (Å²) in [5, 5.41) is 0. The lowest BCUT2D eigenvalue weighted by Crippen LogP contribution is -2.47. The first-order chi connectivity index (χ1) is 14.9. The molecular weight excluding hydrogens is 395 g/mol. The molecular formula is C23H33FN6O. The summed E-state index contributed by atoms with van der Waals surface area (Å²) in [6.45, 7) is 12.0. The number of hydrogen-bond acceptors (Lipinski definition) is 7. The van der Waals surface area contributed by atoms with Crippen LogP contribution in [0.25, 0.3) is 0 Å². The maximum Gasteiger partial charge on any atom is 0.316 e. The molecule has 168 valence electrons. The Hall–Kier alpha value is -2.35. The molecule has 2 aromatic heterocycles. The fraction of sp³-hybridized carbons (Fsp3) is 0.652. The van der Waals surface area contributed by atoms with Gasteiger partial charge in [-0.05, 0) is 19.3 Å². The van der Waals surface area contributed by atoms with Crippen molar-refractivity contribution in [3.63, 3.8) is 0 Å². The highest BCUT2D eigenvalue weighted by Gasteiger charge is 2.27. The quantitative estimate of drug-likeness (QED) is 0.625. The molecule has 0 amide bonds. The lowest BCUT2D eigenvalue weighted by molar-refractivity contribution is 0.217. The van der Waals surface area contributed by atoms with E-state index in [2.05, 4.69) is 46.6 Å². The van der Waals surface area contributed by atoms with Gasteiger partial charge in [0.1, 0.15) is 11.6 Å². The van der Waals surface area contributed by atoms with Crippen molar-refractivity contribution in [3.8, 4) is 6.01 Å². The molecule has 7 nitrogen and oxygen atoms in total. The van der Waals surface area contributed by atoms with E-state index in [1.807, 2.05) is 0 Å². The van der Waals surface area contributed by atoms with E-state index in [1.54, 1.807) is 0 Å².